The van der Waals surface area contributed by atoms with Crippen LogP contribution in [-0.2, 0) is 21.2 Å². The van der Waals surface area contributed by atoms with E-state index in [1.54, 1.807) is 18.2 Å². The fourth-order valence-corrected chi connectivity index (χ4v) is 4.67. The normalized spacial score (nSPS) is 20.9. The lowest BCUT2D eigenvalue weighted by atomic mass is 10.1. The van der Waals surface area contributed by atoms with Gasteiger partial charge in [0, 0.05) is 6.42 Å². The third-order valence-electron chi connectivity index (χ3n) is 4.18. The van der Waals surface area contributed by atoms with Gasteiger partial charge >= 0.3 is 0 Å². The van der Waals surface area contributed by atoms with Crippen LogP contribution in [0, 0.1) is 6.92 Å². The van der Waals surface area contributed by atoms with Gasteiger partial charge in [0.15, 0.2) is 0 Å². The number of amides is 1. The number of nitrogens with zero attached hydrogens (tertiary/aromatic N) is 2. The van der Waals surface area contributed by atoms with Gasteiger partial charge in [0.2, 0.25) is 5.96 Å². The summed E-state index contributed by atoms with van der Waals surface area (Å²) in [4.78, 5) is 16.8. The number of carbonyl (C=O) groups is 1. The lowest BCUT2D eigenvalue weighted by molar-refractivity contribution is -0.120. The van der Waals surface area contributed by atoms with E-state index in [-0.39, 0.29) is 16.8 Å². The SMILES string of the molecule is Cc1ccc2c(c1)N=C1NC(=O)C(Cc3ccccc3)N1S2(=O)=O. The molecule has 1 fully saturated rings. The van der Waals surface area contributed by atoms with Crippen molar-refractivity contribution in [3.8, 4) is 0 Å². The highest BCUT2D eigenvalue weighted by Crippen LogP contribution is 2.36. The number of guanidine groups is 1. The summed E-state index contributed by atoms with van der Waals surface area (Å²) in [6, 6.07) is 13.5. The summed E-state index contributed by atoms with van der Waals surface area (Å²) in [5.41, 5.74) is 2.16. The zero-order chi connectivity index (χ0) is 16.9. The van der Waals surface area contributed by atoms with Crippen molar-refractivity contribution in [2.45, 2.75) is 24.3 Å². The fraction of sp³-hybridized carbons (Fsp3) is 0.176. The van der Waals surface area contributed by atoms with Crippen LogP contribution in [0.4, 0.5) is 5.69 Å². The number of sulfonamides is 1. The van der Waals surface area contributed by atoms with Crippen LogP contribution in [0.1, 0.15) is 11.1 Å². The van der Waals surface area contributed by atoms with E-state index in [0.29, 0.717) is 12.1 Å². The van der Waals surface area contributed by atoms with Crippen molar-refractivity contribution < 1.29 is 13.2 Å². The highest BCUT2D eigenvalue weighted by molar-refractivity contribution is 7.90. The van der Waals surface area contributed by atoms with Crippen molar-refractivity contribution in [3.63, 3.8) is 0 Å². The van der Waals surface area contributed by atoms with E-state index in [1.165, 1.54) is 0 Å². The van der Waals surface area contributed by atoms with Crippen LogP contribution in [0.25, 0.3) is 0 Å². The van der Waals surface area contributed by atoms with E-state index in [4.69, 9.17) is 0 Å². The second-order valence-electron chi connectivity index (χ2n) is 5.90. The van der Waals surface area contributed by atoms with Crippen LogP contribution in [0.15, 0.2) is 58.4 Å². The lowest BCUT2D eigenvalue weighted by Crippen LogP contribution is -2.43. The number of nitrogens with one attached hydrogen (secondary N) is 1. The molecule has 4 rings (SSSR count). The summed E-state index contributed by atoms with van der Waals surface area (Å²) < 4.78 is 27.1. The Morgan fingerprint density at radius 2 is 1.92 bits per heavy atom. The average Bonchev–Trinajstić information content (AvgIpc) is 2.84. The minimum atomic E-state index is -3.82. The van der Waals surface area contributed by atoms with Crippen LogP contribution >= 0.6 is 0 Å². The van der Waals surface area contributed by atoms with Crippen molar-refractivity contribution in [3.05, 3.63) is 59.7 Å². The topological polar surface area (TPSA) is 78.8 Å². The Morgan fingerprint density at radius 3 is 2.67 bits per heavy atom. The van der Waals surface area contributed by atoms with Crippen molar-refractivity contribution >= 4 is 27.6 Å². The maximum absolute atomic E-state index is 13.0. The van der Waals surface area contributed by atoms with E-state index in [0.717, 1.165) is 15.4 Å². The molecule has 0 aliphatic carbocycles. The first kappa shape index (κ1) is 14.9. The first-order valence-corrected chi connectivity index (χ1v) is 8.99. The molecule has 0 saturated carbocycles. The van der Waals surface area contributed by atoms with Gasteiger partial charge in [-0.3, -0.25) is 10.1 Å². The molecule has 24 heavy (non-hydrogen) atoms. The first-order valence-electron chi connectivity index (χ1n) is 7.55. The van der Waals surface area contributed by atoms with Gasteiger partial charge in [-0.05, 0) is 30.2 Å². The third-order valence-corrected chi connectivity index (χ3v) is 6.03. The maximum atomic E-state index is 13.0. The predicted octanol–water partition coefficient (Wildman–Crippen LogP) is 1.73. The standard InChI is InChI=1S/C17H15N3O3S/c1-11-7-8-15-13(9-11)18-17-19-16(21)14(20(17)24(15,22)23)10-12-5-3-2-4-6-12/h2-9,14H,10H2,1H3,(H,18,19,21). The Morgan fingerprint density at radius 1 is 1.17 bits per heavy atom. The van der Waals surface area contributed by atoms with Gasteiger partial charge < -0.3 is 0 Å². The molecule has 0 aromatic heterocycles. The van der Waals surface area contributed by atoms with E-state index < -0.39 is 16.1 Å². The predicted molar refractivity (Wildman–Crippen MR) is 89.4 cm³/mol. The molecule has 2 aromatic carbocycles. The highest BCUT2D eigenvalue weighted by Gasteiger charge is 2.47. The number of hydrogen-bond acceptors (Lipinski definition) is 4. The molecular weight excluding hydrogens is 326 g/mol. The van der Waals surface area contributed by atoms with Gasteiger partial charge in [0.1, 0.15) is 10.9 Å². The summed E-state index contributed by atoms with van der Waals surface area (Å²) in [5, 5.41) is 2.60. The quantitative estimate of drug-likeness (QED) is 0.903. The molecule has 1 atom stereocenters. The second-order valence-corrected chi connectivity index (χ2v) is 7.69. The lowest BCUT2D eigenvalue weighted by Gasteiger charge is -2.27. The van der Waals surface area contributed by atoms with E-state index in [9.17, 15) is 13.2 Å². The molecule has 122 valence electrons. The minimum Gasteiger partial charge on any atom is -0.294 e. The summed E-state index contributed by atoms with van der Waals surface area (Å²) in [7, 11) is -3.82. The van der Waals surface area contributed by atoms with Gasteiger partial charge in [-0.2, -0.15) is 0 Å². The van der Waals surface area contributed by atoms with Crippen molar-refractivity contribution in [2.75, 3.05) is 0 Å². The highest BCUT2D eigenvalue weighted by atomic mass is 32.2. The third kappa shape index (κ3) is 2.20. The van der Waals surface area contributed by atoms with Crippen LogP contribution in [0.5, 0.6) is 0 Å². The zero-order valence-electron chi connectivity index (χ0n) is 12.9. The minimum absolute atomic E-state index is 0.0824. The Bertz CT molecular complexity index is 968. The Balaban J connectivity index is 1.80. The maximum Gasteiger partial charge on any atom is 0.269 e. The first-order chi connectivity index (χ1) is 11.5. The van der Waals surface area contributed by atoms with Crippen LogP contribution in [0.3, 0.4) is 0 Å². The summed E-state index contributed by atoms with van der Waals surface area (Å²) >= 11 is 0. The van der Waals surface area contributed by atoms with Crippen LogP contribution in [0.2, 0.25) is 0 Å². The van der Waals surface area contributed by atoms with Crippen molar-refractivity contribution in [2.24, 2.45) is 4.99 Å². The molecule has 2 aliphatic rings. The monoisotopic (exact) mass is 341 g/mol. The number of carbonyl (C=O) groups excluding carboxylic acids is 1. The largest absolute Gasteiger partial charge is 0.294 e. The molecule has 0 bridgehead atoms. The molecule has 1 amide bonds. The molecule has 2 aliphatic heterocycles. The molecule has 0 spiro atoms. The molecule has 2 heterocycles. The molecule has 2 aromatic rings. The fourth-order valence-electron chi connectivity index (χ4n) is 3.03. The Labute approximate surface area is 139 Å². The smallest absolute Gasteiger partial charge is 0.269 e. The zero-order valence-corrected chi connectivity index (χ0v) is 13.7. The van der Waals surface area contributed by atoms with Crippen LogP contribution < -0.4 is 5.32 Å². The number of aryl methyl sites for hydroxylation is 1. The van der Waals surface area contributed by atoms with Gasteiger partial charge in [-0.25, -0.2) is 17.7 Å². The van der Waals surface area contributed by atoms with Gasteiger partial charge in [0.05, 0.1) is 5.69 Å². The molecule has 0 radical (unpaired) electrons. The number of benzene rings is 2. The molecule has 6 nitrogen and oxygen atoms in total. The summed E-state index contributed by atoms with van der Waals surface area (Å²) in [6.07, 6.45) is 0.298. The molecular formula is C17H15N3O3S. The van der Waals surface area contributed by atoms with Gasteiger partial charge in [-0.15, -0.1) is 0 Å². The number of rotatable bonds is 2. The average molecular weight is 341 g/mol. The summed E-state index contributed by atoms with van der Waals surface area (Å²) in [5.74, 6) is -0.273. The molecule has 7 heteroatoms. The Kier molecular flexibility index (Phi) is 3.21. The van der Waals surface area contributed by atoms with E-state index in [2.05, 4.69) is 10.3 Å². The Hall–Kier alpha value is -2.67. The summed E-state index contributed by atoms with van der Waals surface area (Å²) in [6.45, 7) is 1.87. The molecule has 1 N–H and O–H groups in total. The van der Waals surface area contributed by atoms with Crippen molar-refractivity contribution in [1.29, 1.82) is 0 Å². The molecule has 1 saturated heterocycles. The second kappa shape index (κ2) is 5.17. The number of aliphatic imine (C=N–C) groups is 1. The van der Waals surface area contributed by atoms with Crippen molar-refractivity contribution in [1.82, 2.24) is 9.62 Å². The number of hydrogen-bond donors (Lipinski definition) is 1. The van der Waals surface area contributed by atoms with Crippen LogP contribution in [-0.4, -0.2) is 30.6 Å². The van der Waals surface area contributed by atoms with Gasteiger partial charge in [-0.1, -0.05) is 36.4 Å². The number of fused-ring (bicyclic) bond motifs is 2. The van der Waals surface area contributed by atoms with E-state index >= 15 is 0 Å². The van der Waals surface area contributed by atoms with Gasteiger partial charge in [0.25, 0.3) is 15.9 Å². The molecule has 1 unspecified atom stereocenters. The van der Waals surface area contributed by atoms with E-state index in [1.807, 2.05) is 37.3 Å².